The maximum absolute atomic E-state index is 13.3. The number of para-hydroxylation sites is 2. The van der Waals surface area contributed by atoms with Crippen molar-refractivity contribution in [3.63, 3.8) is 0 Å². The molecule has 1 fully saturated rings. The number of urea groups is 1. The van der Waals surface area contributed by atoms with E-state index >= 15 is 0 Å². The van der Waals surface area contributed by atoms with Crippen LogP contribution in [0.2, 0.25) is 0 Å². The number of fused-ring (bicyclic) bond motifs is 1. The van der Waals surface area contributed by atoms with Crippen LogP contribution in [0.3, 0.4) is 0 Å². The van der Waals surface area contributed by atoms with Crippen molar-refractivity contribution >= 4 is 28.7 Å². The summed E-state index contributed by atoms with van der Waals surface area (Å²) in [5.41, 5.74) is 2.22. The molecule has 1 aliphatic heterocycles. The molecule has 1 aliphatic rings. The first-order valence-corrected chi connectivity index (χ1v) is 9.70. The lowest BCUT2D eigenvalue weighted by Gasteiger charge is -2.26. The quantitative estimate of drug-likeness (QED) is 0.692. The molecule has 0 saturated carbocycles. The number of amides is 2. The lowest BCUT2D eigenvalue weighted by molar-refractivity contribution is 0.222. The lowest BCUT2D eigenvalue weighted by Crippen LogP contribution is -2.33. The Balaban J connectivity index is 1.51. The van der Waals surface area contributed by atoms with Crippen LogP contribution in [0.1, 0.15) is 19.3 Å². The van der Waals surface area contributed by atoms with Gasteiger partial charge in [0.05, 0.1) is 11.0 Å². The van der Waals surface area contributed by atoms with Crippen LogP contribution < -0.4 is 10.6 Å². The van der Waals surface area contributed by atoms with Gasteiger partial charge in [-0.15, -0.1) is 0 Å². The molecule has 2 amide bonds. The van der Waals surface area contributed by atoms with Crippen LogP contribution in [-0.2, 0) is 6.54 Å². The van der Waals surface area contributed by atoms with Gasteiger partial charge in [0, 0.05) is 18.8 Å². The summed E-state index contributed by atoms with van der Waals surface area (Å²) in [5.74, 6) is 0.0960. The number of anilines is 2. The SMILES string of the molecule is O=C(Nc1cccc(F)c1)Nc1nc2ccccc2n1CCN1CCCCC1. The van der Waals surface area contributed by atoms with Crippen LogP contribution >= 0.6 is 0 Å². The van der Waals surface area contributed by atoms with E-state index < -0.39 is 11.8 Å². The van der Waals surface area contributed by atoms with E-state index in [1.54, 1.807) is 12.1 Å². The highest BCUT2D eigenvalue weighted by atomic mass is 19.1. The number of rotatable bonds is 5. The van der Waals surface area contributed by atoms with Crippen molar-refractivity contribution < 1.29 is 9.18 Å². The van der Waals surface area contributed by atoms with Crippen LogP contribution in [0, 0.1) is 5.82 Å². The van der Waals surface area contributed by atoms with Gasteiger partial charge in [0.1, 0.15) is 5.82 Å². The van der Waals surface area contributed by atoms with E-state index in [9.17, 15) is 9.18 Å². The molecular formula is C21H24FN5O. The largest absolute Gasteiger partial charge is 0.326 e. The van der Waals surface area contributed by atoms with Crippen molar-refractivity contribution in [1.82, 2.24) is 14.5 Å². The smallest absolute Gasteiger partial charge is 0.309 e. The third kappa shape index (κ3) is 4.31. The van der Waals surface area contributed by atoms with Crippen molar-refractivity contribution in [2.75, 3.05) is 30.3 Å². The van der Waals surface area contributed by atoms with Crippen LogP contribution in [0.4, 0.5) is 20.8 Å². The van der Waals surface area contributed by atoms with Gasteiger partial charge in [-0.3, -0.25) is 5.32 Å². The van der Waals surface area contributed by atoms with E-state index in [1.807, 2.05) is 28.8 Å². The molecule has 2 aromatic carbocycles. The van der Waals surface area contributed by atoms with E-state index in [0.29, 0.717) is 11.6 Å². The summed E-state index contributed by atoms with van der Waals surface area (Å²) < 4.78 is 15.4. The number of likely N-dealkylation sites (tertiary alicyclic amines) is 1. The minimum absolute atomic E-state index is 0.397. The fraction of sp³-hybridized carbons (Fsp3) is 0.333. The maximum atomic E-state index is 13.3. The topological polar surface area (TPSA) is 62.2 Å². The molecule has 0 spiro atoms. The van der Waals surface area contributed by atoms with Crippen LogP contribution in [-0.4, -0.2) is 40.1 Å². The Morgan fingerprint density at radius 3 is 2.64 bits per heavy atom. The third-order valence-electron chi connectivity index (χ3n) is 5.05. The number of benzene rings is 2. The Kier molecular flexibility index (Phi) is 5.53. The second-order valence-corrected chi connectivity index (χ2v) is 7.07. The van der Waals surface area contributed by atoms with E-state index in [1.165, 1.54) is 31.4 Å². The Hall–Kier alpha value is -2.93. The highest BCUT2D eigenvalue weighted by molar-refractivity contribution is 5.99. The summed E-state index contributed by atoms with van der Waals surface area (Å²) in [7, 11) is 0. The van der Waals surface area contributed by atoms with Crippen LogP contribution in [0.25, 0.3) is 11.0 Å². The fourth-order valence-electron chi connectivity index (χ4n) is 3.65. The van der Waals surface area contributed by atoms with E-state index in [-0.39, 0.29) is 0 Å². The molecule has 28 heavy (non-hydrogen) atoms. The van der Waals surface area contributed by atoms with Gasteiger partial charge < -0.3 is 14.8 Å². The molecular weight excluding hydrogens is 357 g/mol. The first-order valence-electron chi connectivity index (χ1n) is 9.70. The Morgan fingerprint density at radius 2 is 1.82 bits per heavy atom. The molecule has 6 nitrogen and oxygen atoms in total. The molecule has 4 rings (SSSR count). The van der Waals surface area contributed by atoms with Gasteiger partial charge in [-0.25, -0.2) is 14.2 Å². The van der Waals surface area contributed by atoms with Gasteiger partial charge in [-0.2, -0.15) is 0 Å². The number of aromatic nitrogens is 2. The predicted molar refractivity (Wildman–Crippen MR) is 109 cm³/mol. The zero-order valence-electron chi connectivity index (χ0n) is 15.7. The zero-order chi connectivity index (χ0) is 19.3. The molecule has 0 aliphatic carbocycles. The van der Waals surface area contributed by atoms with Crippen LogP contribution in [0.15, 0.2) is 48.5 Å². The molecule has 1 saturated heterocycles. The number of nitrogens with one attached hydrogen (secondary N) is 2. The van der Waals surface area contributed by atoms with Crippen LogP contribution in [0.5, 0.6) is 0 Å². The summed E-state index contributed by atoms with van der Waals surface area (Å²) in [4.78, 5) is 19.4. The second-order valence-electron chi connectivity index (χ2n) is 7.07. The average Bonchev–Trinajstić information content (AvgIpc) is 3.04. The molecule has 0 radical (unpaired) electrons. The molecule has 0 unspecified atom stereocenters. The molecule has 2 heterocycles. The zero-order valence-corrected chi connectivity index (χ0v) is 15.7. The Morgan fingerprint density at radius 1 is 1.00 bits per heavy atom. The second kappa shape index (κ2) is 8.39. The van der Waals surface area contributed by atoms with Gasteiger partial charge in [-0.1, -0.05) is 24.6 Å². The van der Waals surface area contributed by atoms with Gasteiger partial charge in [0.15, 0.2) is 0 Å². The summed E-state index contributed by atoms with van der Waals surface area (Å²) in [6, 6.07) is 13.2. The Labute approximate surface area is 163 Å². The summed E-state index contributed by atoms with van der Waals surface area (Å²) in [6.45, 7) is 3.90. The van der Waals surface area contributed by atoms with E-state index in [0.717, 1.165) is 37.2 Å². The number of hydrogen-bond acceptors (Lipinski definition) is 3. The molecule has 3 aromatic rings. The molecule has 7 heteroatoms. The minimum atomic E-state index is -0.444. The van der Waals surface area contributed by atoms with Gasteiger partial charge >= 0.3 is 6.03 Å². The van der Waals surface area contributed by atoms with Crippen molar-refractivity contribution in [2.24, 2.45) is 0 Å². The predicted octanol–water partition coefficient (Wildman–Crippen LogP) is 4.31. The number of nitrogens with zero attached hydrogens (tertiary/aromatic N) is 3. The monoisotopic (exact) mass is 381 g/mol. The van der Waals surface area contributed by atoms with Crippen molar-refractivity contribution in [2.45, 2.75) is 25.8 Å². The number of halogens is 1. The summed E-state index contributed by atoms with van der Waals surface area (Å²) >= 11 is 0. The highest BCUT2D eigenvalue weighted by Crippen LogP contribution is 2.20. The molecule has 1 aromatic heterocycles. The van der Waals surface area contributed by atoms with E-state index in [4.69, 9.17) is 0 Å². The number of imidazole rings is 1. The molecule has 2 N–H and O–H groups in total. The highest BCUT2D eigenvalue weighted by Gasteiger charge is 2.15. The summed E-state index contributed by atoms with van der Waals surface area (Å²) in [5, 5.41) is 5.47. The van der Waals surface area contributed by atoms with Crippen molar-refractivity contribution in [3.8, 4) is 0 Å². The third-order valence-corrected chi connectivity index (χ3v) is 5.05. The van der Waals surface area contributed by atoms with Gasteiger partial charge in [0.25, 0.3) is 0 Å². The van der Waals surface area contributed by atoms with Gasteiger partial charge in [-0.05, 0) is 56.3 Å². The summed E-state index contributed by atoms with van der Waals surface area (Å²) in [6.07, 6.45) is 3.79. The average molecular weight is 381 g/mol. The first-order chi connectivity index (χ1) is 13.7. The first kappa shape index (κ1) is 18.4. The molecule has 146 valence electrons. The Bertz CT molecular complexity index is 964. The number of hydrogen-bond donors (Lipinski definition) is 2. The molecule has 0 bridgehead atoms. The number of carbonyl (C=O) groups excluding carboxylic acids is 1. The van der Waals surface area contributed by atoms with Crippen molar-refractivity contribution in [1.29, 1.82) is 0 Å². The van der Waals surface area contributed by atoms with Crippen molar-refractivity contribution in [3.05, 3.63) is 54.3 Å². The number of carbonyl (C=O) groups is 1. The number of piperidine rings is 1. The molecule has 0 atom stereocenters. The van der Waals surface area contributed by atoms with E-state index in [2.05, 4.69) is 20.5 Å². The fourth-order valence-corrected chi connectivity index (χ4v) is 3.65. The maximum Gasteiger partial charge on any atom is 0.326 e. The lowest BCUT2D eigenvalue weighted by atomic mass is 10.1. The normalized spacial score (nSPS) is 14.9. The van der Waals surface area contributed by atoms with Gasteiger partial charge in [0.2, 0.25) is 5.95 Å². The minimum Gasteiger partial charge on any atom is -0.309 e. The standard InChI is InChI=1S/C21H24FN5O/c22-16-7-6-8-17(15-16)23-21(28)25-20-24-18-9-2-3-10-19(18)27(20)14-13-26-11-4-1-5-12-26/h2-3,6-10,15H,1,4-5,11-14H2,(H2,23,24,25,28).